The second-order valence-corrected chi connectivity index (χ2v) is 5.94. The molecule has 1 heterocycles. The van der Waals surface area contributed by atoms with Crippen molar-refractivity contribution in [1.82, 2.24) is 20.4 Å². The first-order valence-corrected chi connectivity index (χ1v) is 8.68. The zero-order valence-electron chi connectivity index (χ0n) is 15.3. The van der Waals surface area contributed by atoms with Gasteiger partial charge in [-0.05, 0) is 20.9 Å². The van der Waals surface area contributed by atoms with Gasteiger partial charge in [-0.2, -0.15) is 0 Å². The van der Waals surface area contributed by atoms with Gasteiger partial charge in [0.2, 0.25) is 0 Å². The van der Waals surface area contributed by atoms with Crippen LogP contribution in [-0.2, 0) is 9.47 Å². The van der Waals surface area contributed by atoms with Crippen molar-refractivity contribution < 1.29 is 9.47 Å². The number of nitrogens with zero attached hydrogens (tertiary/aromatic N) is 3. The third kappa shape index (κ3) is 9.10. The molecule has 7 nitrogen and oxygen atoms in total. The summed E-state index contributed by atoms with van der Waals surface area (Å²) < 4.78 is 10.5. The van der Waals surface area contributed by atoms with E-state index in [1.807, 2.05) is 0 Å². The largest absolute Gasteiger partial charge is 0.383 e. The SMILES string of the molecule is CCNC(=NCC(C)N1CCOCC1)NCCN(C)CCOC. The highest BCUT2D eigenvalue weighted by Gasteiger charge is 2.16. The van der Waals surface area contributed by atoms with Crippen molar-refractivity contribution in [2.45, 2.75) is 19.9 Å². The molecule has 0 aliphatic carbocycles. The summed E-state index contributed by atoms with van der Waals surface area (Å²) in [5.41, 5.74) is 0. The molecule has 1 unspecified atom stereocenters. The predicted molar refractivity (Wildman–Crippen MR) is 95.2 cm³/mol. The van der Waals surface area contributed by atoms with Crippen LogP contribution in [0.5, 0.6) is 0 Å². The van der Waals surface area contributed by atoms with Gasteiger partial charge in [-0.25, -0.2) is 0 Å². The minimum absolute atomic E-state index is 0.443. The van der Waals surface area contributed by atoms with Gasteiger partial charge >= 0.3 is 0 Å². The van der Waals surface area contributed by atoms with Crippen LogP contribution in [0.1, 0.15) is 13.8 Å². The lowest BCUT2D eigenvalue weighted by Crippen LogP contribution is -2.45. The van der Waals surface area contributed by atoms with E-state index >= 15 is 0 Å². The Balaban J connectivity index is 2.31. The molecule has 1 fully saturated rings. The molecule has 1 aliphatic heterocycles. The van der Waals surface area contributed by atoms with Gasteiger partial charge in [-0.3, -0.25) is 9.89 Å². The van der Waals surface area contributed by atoms with Crippen LogP contribution >= 0.6 is 0 Å². The lowest BCUT2D eigenvalue weighted by Gasteiger charge is -2.31. The number of hydrogen-bond acceptors (Lipinski definition) is 5. The van der Waals surface area contributed by atoms with E-state index in [-0.39, 0.29) is 0 Å². The van der Waals surface area contributed by atoms with E-state index in [1.54, 1.807) is 7.11 Å². The molecular weight excluding hydrogens is 294 g/mol. The quantitative estimate of drug-likeness (QED) is 0.429. The number of nitrogens with one attached hydrogen (secondary N) is 2. The molecule has 23 heavy (non-hydrogen) atoms. The van der Waals surface area contributed by atoms with E-state index < -0.39 is 0 Å². The lowest BCUT2D eigenvalue weighted by atomic mass is 10.2. The van der Waals surface area contributed by atoms with E-state index in [9.17, 15) is 0 Å². The number of hydrogen-bond donors (Lipinski definition) is 2. The minimum Gasteiger partial charge on any atom is -0.383 e. The molecule has 0 aromatic carbocycles. The second kappa shape index (κ2) is 12.5. The van der Waals surface area contributed by atoms with Gasteiger partial charge in [0.1, 0.15) is 0 Å². The van der Waals surface area contributed by atoms with Crippen LogP contribution < -0.4 is 10.6 Å². The van der Waals surface area contributed by atoms with Gasteiger partial charge < -0.3 is 25.0 Å². The number of guanidine groups is 1. The smallest absolute Gasteiger partial charge is 0.191 e. The summed E-state index contributed by atoms with van der Waals surface area (Å²) in [6, 6.07) is 0.443. The van der Waals surface area contributed by atoms with E-state index in [0.29, 0.717) is 6.04 Å². The third-order valence-electron chi connectivity index (χ3n) is 3.99. The molecule has 0 spiro atoms. The Labute approximate surface area is 141 Å². The first-order chi connectivity index (χ1) is 11.2. The number of likely N-dealkylation sites (N-methyl/N-ethyl adjacent to an activating group) is 1. The third-order valence-corrected chi connectivity index (χ3v) is 3.99. The molecule has 136 valence electrons. The van der Waals surface area contributed by atoms with Gasteiger partial charge in [0.05, 0.1) is 26.4 Å². The molecule has 0 radical (unpaired) electrons. The molecule has 1 aliphatic rings. The molecule has 0 bridgehead atoms. The summed E-state index contributed by atoms with van der Waals surface area (Å²) in [6.45, 7) is 13.2. The van der Waals surface area contributed by atoms with E-state index in [2.05, 4.69) is 41.3 Å². The number of rotatable bonds is 10. The van der Waals surface area contributed by atoms with Crippen molar-refractivity contribution in [3.05, 3.63) is 0 Å². The monoisotopic (exact) mass is 329 g/mol. The normalized spacial score (nSPS) is 18.2. The maximum Gasteiger partial charge on any atom is 0.191 e. The van der Waals surface area contributed by atoms with E-state index in [0.717, 1.165) is 71.6 Å². The summed E-state index contributed by atoms with van der Waals surface area (Å²) >= 11 is 0. The molecule has 1 saturated heterocycles. The molecule has 0 aromatic heterocycles. The molecular formula is C16H35N5O2. The maximum absolute atomic E-state index is 5.40. The van der Waals surface area contributed by atoms with Crippen molar-refractivity contribution in [3.8, 4) is 0 Å². The summed E-state index contributed by atoms with van der Waals surface area (Å²) in [5.74, 6) is 0.896. The van der Waals surface area contributed by atoms with Crippen molar-refractivity contribution in [3.63, 3.8) is 0 Å². The first-order valence-electron chi connectivity index (χ1n) is 8.68. The highest BCUT2D eigenvalue weighted by Crippen LogP contribution is 2.03. The Morgan fingerprint density at radius 2 is 2.04 bits per heavy atom. The molecule has 0 saturated carbocycles. The fourth-order valence-electron chi connectivity index (χ4n) is 2.42. The van der Waals surface area contributed by atoms with Crippen LogP contribution in [0.4, 0.5) is 0 Å². The number of aliphatic imine (C=N–C) groups is 1. The van der Waals surface area contributed by atoms with Crippen molar-refractivity contribution in [2.24, 2.45) is 4.99 Å². The summed E-state index contributed by atoms with van der Waals surface area (Å²) in [7, 11) is 3.84. The molecule has 1 atom stereocenters. The fourth-order valence-corrected chi connectivity index (χ4v) is 2.42. The van der Waals surface area contributed by atoms with Crippen LogP contribution in [0.15, 0.2) is 4.99 Å². The lowest BCUT2D eigenvalue weighted by molar-refractivity contribution is 0.0220. The van der Waals surface area contributed by atoms with Crippen molar-refractivity contribution in [1.29, 1.82) is 0 Å². The van der Waals surface area contributed by atoms with Gasteiger partial charge in [-0.1, -0.05) is 0 Å². The van der Waals surface area contributed by atoms with Crippen LogP contribution in [-0.4, -0.2) is 102 Å². The topological polar surface area (TPSA) is 61.4 Å². The average molecular weight is 329 g/mol. The molecule has 0 aromatic rings. The van der Waals surface area contributed by atoms with Gasteiger partial charge in [-0.15, -0.1) is 0 Å². The Kier molecular flexibility index (Phi) is 11.0. The minimum atomic E-state index is 0.443. The van der Waals surface area contributed by atoms with Gasteiger partial charge in [0.25, 0.3) is 0 Å². The van der Waals surface area contributed by atoms with Crippen LogP contribution in [0, 0.1) is 0 Å². The Morgan fingerprint density at radius 3 is 2.70 bits per heavy atom. The highest BCUT2D eigenvalue weighted by atomic mass is 16.5. The summed E-state index contributed by atoms with van der Waals surface area (Å²) in [6.07, 6.45) is 0. The first kappa shape index (κ1) is 20.2. The number of ether oxygens (including phenoxy) is 2. The van der Waals surface area contributed by atoms with Crippen molar-refractivity contribution >= 4 is 5.96 Å². The Morgan fingerprint density at radius 1 is 1.30 bits per heavy atom. The number of methoxy groups -OCH3 is 1. The molecule has 0 amide bonds. The highest BCUT2D eigenvalue weighted by molar-refractivity contribution is 5.79. The zero-order valence-corrected chi connectivity index (χ0v) is 15.3. The standard InChI is InChI=1S/C16H35N5O2/c1-5-17-16(18-6-7-20(3)8-11-22-4)19-14-15(2)21-9-12-23-13-10-21/h15H,5-14H2,1-4H3,(H2,17,18,19). The average Bonchev–Trinajstić information content (AvgIpc) is 2.58. The van der Waals surface area contributed by atoms with Crippen molar-refractivity contribution in [2.75, 3.05) is 79.8 Å². The van der Waals surface area contributed by atoms with E-state index in [1.165, 1.54) is 0 Å². The maximum atomic E-state index is 5.40. The summed E-state index contributed by atoms with van der Waals surface area (Å²) in [4.78, 5) is 9.40. The molecule has 7 heteroatoms. The second-order valence-electron chi connectivity index (χ2n) is 5.94. The zero-order chi connectivity index (χ0) is 16.9. The molecule has 2 N–H and O–H groups in total. The van der Waals surface area contributed by atoms with Crippen LogP contribution in [0.3, 0.4) is 0 Å². The Bertz CT molecular complexity index is 322. The van der Waals surface area contributed by atoms with E-state index in [4.69, 9.17) is 14.5 Å². The van der Waals surface area contributed by atoms with Gasteiger partial charge in [0, 0.05) is 52.4 Å². The van der Waals surface area contributed by atoms with Gasteiger partial charge in [0.15, 0.2) is 5.96 Å². The summed E-state index contributed by atoms with van der Waals surface area (Å²) in [5, 5.41) is 6.71. The van der Waals surface area contributed by atoms with Crippen LogP contribution in [0.2, 0.25) is 0 Å². The fraction of sp³-hybridized carbons (Fsp3) is 0.938. The predicted octanol–water partition coefficient (Wildman–Crippen LogP) is -0.160. The molecule has 1 rings (SSSR count). The Hall–Kier alpha value is -0.890. The number of morpholine rings is 1. The van der Waals surface area contributed by atoms with Crippen LogP contribution in [0.25, 0.3) is 0 Å².